The van der Waals surface area contributed by atoms with Gasteiger partial charge in [0.25, 0.3) is 0 Å². The van der Waals surface area contributed by atoms with Crippen molar-refractivity contribution in [1.29, 1.82) is 0 Å². The Morgan fingerprint density at radius 2 is 1.89 bits per heavy atom. The van der Waals surface area contributed by atoms with Gasteiger partial charge in [-0.2, -0.15) is 0 Å². The molecular formula is C4H7ClO3S. The smallest absolute Gasteiger partial charge is 0.192 e. The number of sulfone groups is 1. The molecule has 0 aromatic heterocycles. The van der Waals surface area contributed by atoms with Gasteiger partial charge in [0, 0.05) is 6.26 Å². The highest BCUT2D eigenvalue weighted by molar-refractivity contribution is 7.93. The van der Waals surface area contributed by atoms with Gasteiger partial charge in [-0.15, -0.1) is 0 Å². The lowest BCUT2D eigenvalue weighted by Crippen LogP contribution is -2.20. The van der Waals surface area contributed by atoms with Gasteiger partial charge in [0.2, 0.25) is 0 Å². The van der Waals surface area contributed by atoms with Crippen molar-refractivity contribution < 1.29 is 13.2 Å². The van der Waals surface area contributed by atoms with Gasteiger partial charge in [-0.05, 0) is 6.92 Å². The van der Waals surface area contributed by atoms with Gasteiger partial charge >= 0.3 is 0 Å². The lowest BCUT2D eigenvalue weighted by molar-refractivity contribution is -0.115. The van der Waals surface area contributed by atoms with Crippen LogP contribution >= 0.6 is 11.6 Å². The molecule has 9 heavy (non-hydrogen) atoms. The van der Waals surface area contributed by atoms with Crippen molar-refractivity contribution in [3.63, 3.8) is 0 Å². The van der Waals surface area contributed by atoms with Crippen LogP contribution in [-0.4, -0.2) is 25.2 Å². The third-order valence-electron chi connectivity index (χ3n) is 0.696. The molecule has 0 spiro atoms. The van der Waals surface area contributed by atoms with E-state index in [4.69, 9.17) is 11.6 Å². The van der Waals surface area contributed by atoms with Gasteiger partial charge < -0.3 is 0 Å². The molecule has 3 nitrogen and oxygen atoms in total. The SMILES string of the molecule is CC(=O)C(Cl)S(C)(=O)=O. The topological polar surface area (TPSA) is 51.2 Å². The van der Waals surface area contributed by atoms with Gasteiger partial charge in [0.1, 0.15) is 0 Å². The predicted octanol–water partition coefficient (Wildman–Crippen LogP) is 0.185. The van der Waals surface area contributed by atoms with E-state index in [9.17, 15) is 13.2 Å². The number of rotatable bonds is 2. The second-order valence-corrected chi connectivity index (χ2v) is 4.58. The summed E-state index contributed by atoms with van der Waals surface area (Å²) in [5.41, 5.74) is 0. The zero-order chi connectivity index (χ0) is 7.65. The van der Waals surface area contributed by atoms with E-state index in [2.05, 4.69) is 0 Å². The summed E-state index contributed by atoms with van der Waals surface area (Å²) in [6.07, 6.45) is 0.923. The molecule has 0 saturated heterocycles. The molecule has 0 aliphatic heterocycles. The fourth-order valence-electron chi connectivity index (χ4n) is 0.301. The number of hydrogen-bond acceptors (Lipinski definition) is 3. The quantitative estimate of drug-likeness (QED) is 0.556. The summed E-state index contributed by atoms with van der Waals surface area (Å²) in [5, 5.41) is 0. The van der Waals surface area contributed by atoms with Crippen molar-refractivity contribution in [2.24, 2.45) is 0 Å². The first-order valence-corrected chi connectivity index (χ1v) is 4.58. The molecule has 5 heteroatoms. The minimum absolute atomic E-state index is 0.542. The van der Waals surface area contributed by atoms with Crippen LogP contribution in [0.15, 0.2) is 0 Å². The van der Waals surface area contributed by atoms with E-state index in [0.29, 0.717) is 0 Å². The van der Waals surface area contributed by atoms with Crippen LogP contribution in [0.5, 0.6) is 0 Å². The number of ketones is 1. The Morgan fingerprint density at radius 1 is 1.56 bits per heavy atom. The number of halogens is 1. The van der Waals surface area contributed by atoms with Gasteiger partial charge in [0.15, 0.2) is 20.3 Å². The van der Waals surface area contributed by atoms with E-state index in [0.717, 1.165) is 13.2 Å². The summed E-state index contributed by atoms with van der Waals surface area (Å²) >= 11 is 5.15. The molecule has 0 radical (unpaired) electrons. The normalized spacial score (nSPS) is 15.0. The lowest BCUT2D eigenvalue weighted by Gasteiger charge is -1.99. The number of Topliss-reactive ketones (excluding diaryl/α,β-unsaturated/α-hetero) is 1. The molecule has 0 heterocycles. The molecule has 0 aromatic carbocycles. The van der Waals surface area contributed by atoms with Crippen LogP contribution in [0, 0.1) is 0 Å². The maximum atomic E-state index is 10.4. The van der Waals surface area contributed by atoms with Crippen LogP contribution in [0.25, 0.3) is 0 Å². The van der Waals surface area contributed by atoms with Crippen molar-refractivity contribution in [1.82, 2.24) is 0 Å². The molecule has 54 valence electrons. The Labute approximate surface area is 58.9 Å². The third kappa shape index (κ3) is 2.81. The maximum Gasteiger partial charge on any atom is 0.192 e. The monoisotopic (exact) mass is 170 g/mol. The minimum atomic E-state index is -3.39. The Morgan fingerprint density at radius 3 is 1.89 bits per heavy atom. The number of hydrogen-bond donors (Lipinski definition) is 0. The van der Waals surface area contributed by atoms with Crippen LogP contribution in [0.4, 0.5) is 0 Å². The van der Waals surface area contributed by atoms with Gasteiger partial charge in [-0.25, -0.2) is 8.42 Å². The standard InChI is InChI=1S/C4H7ClO3S/c1-3(6)4(5)9(2,7)8/h4H,1-2H3. The first-order chi connectivity index (χ1) is 3.85. The lowest BCUT2D eigenvalue weighted by atomic mass is 10.5. The Bertz CT molecular complexity index is 206. The summed E-state index contributed by atoms with van der Waals surface area (Å²) in [6, 6.07) is 0. The van der Waals surface area contributed by atoms with Crippen LogP contribution in [-0.2, 0) is 14.6 Å². The van der Waals surface area contributed by atoms with Crippen molar-refractivity contribution in [2.45, 2.75) is 11.6 Å². The first kappa shape index (κ1) is 8.91. The Kier molecular flexibility index (Phi) is 2.64. The second-order valence-electron chi connectivity index (χ2n) is 1.76. The fourth-order valence-corrected chi connectivity index (χ4v) is 0.904. The molecule has 0 rings (SSSR count). The average molecular weight is 171 g/mol. The molecule has 0 amide bonds. The van der Waals surface area contributed by atoms with Crippen molar-refractivity contribution in [3.8, 4) is 0 Å². The largest absolute Gasteiger partial charge is 0.297 e. The number of carbonyl (C=O) groups is 1. The van der Waals surface area contributed by atoms with Crippen LogP contribution in [0.2, 0.25) is 0 Å². The van der Waals surface area contributed by atoms with Gasteiger partial charge in [0.05, 0.1) is 0 Å². The summed E-state index contributed by atoms with van der Waals surface area (Å²) in [5.74, 6) is -0.542. The highest BCUT2D eigenvalue weighted by atomic mass is 35.5. The number of alkyl halides is 1. The van der Waals surface area contributed by atoms with Crippen LogP contribution in [0.3, 0.4) is 0 Å². The summed E-state index contributed by atoms with van der Waals surface area (Å²) in [4.78, 5) is 10.3. The predicted molar refractivity (Wildman–Crippen MR) is 35.2 cm³/mol. The highest BCUT2D eigenvalue weighted by Crippen LogP contribution is 2.04. The number of carbonyl (C=O) groups excluding carboxylic acids is 1. The van der Waals surface area contributed by atoms with E-state index >= 15 is 0 Å². The van der Waals surface area contributed by atoms with Crippen LogP contribution < -0.4 is 0 Å². The Hall–Kier alpha value is -0.0900. The summed E-state index contributed by atoms with van der Waals surface area (Å²) < 4.78 is 19.5. The van der Waals surface area contributed by atoms with Gasteiger partial charge in [-0.1, -0.05) is 11.6 Å². The van der Waals surface area contributed by atoms with E-state index in [-0.39, 0.29) is 0 Å². The fraction of sp³-hybridized carbons (Fsp3) is 0.750. The summed E-state index contributed by atoms with van der Waals surface area (Å²) in [6.45, 7) is 1.14. The van der Waals surface area contributed by atoms with E-state index in [1.54, 1.807) is 0 Å². The zero-order valence-electron chi connectivity index (χ0n) is 5.09. The zero-order valence-corrected chi connectivity index (χ0v) is 6.66. The second kappa shape index (κ2) is 2.66. The molecule has 0 aromatic rings. The maximum absolute atomic E-state index is 10.4. The molecule has 1 unspecified atom stereocenters. The Balaban J connectivity index is 4.43. The molecule has 0 fully saturated rings. The molecule has 0 aliphatic rings. The third-order valence-corrected chi connectivity index (χ3v) is 3.06. The van der Waals surface area contributed by atoms with Crippen LogP contribution in [0.1, 0.15) is 6.92 Å². The molecule has 0 aliphatic carbocycles. The first-order valence-electron chi connectivity index (χ1n) is 2.19. The molecule has 1 atom stereocenters. The van der Waals surface area contributed by atoms with E-state index in [1.807, 2.05) is 0 Å². The molecule has 0 bridgehead atoms. The van der Waals surface area contributed by atoms with E-state index < -0.39 is 20.3 Å². The average Bonchev–Trinajstić information content (AvgIpc) is 1.62. The van der Waals surface area contributed by atoms with Gasteiger partial charge in [-0.3, -0.25) is 4.79 Å². The van der Waals surface area contributed by atoms with Crippen molar-refractivity contribution in [3.05, 3.63) is 0 Å². The molecule has 0 saturated carbocycles. The highest BCUT2D eigenvalue weighted by Gasteiger charge is 2.21. The molecule has 0 N–H and O–H groups in total. The van der Waals surface area contributed by atoms with E-state index in [1.165, 1.54) is 0 Å². The van der Waals surface area contributed by atoms with Crippen molar-refractivity contribution in [2.75, 3.05) is 6.26 Å². The minimum Gasteiger partial charge on any atom is -0.297 e. The summed E-state index contributed by atoms with van der Waals surface area (Å²) in [7, 11) is -3.39. The van der Waals surface area contributed by atoms with Crippen molar-refractivity contribution >= 4 is 27.2 Å². The molecular weight excluding hydrogens is 164 g/mol.